The van der Waals surface area contributed by atoms with E-state index in [1.807, 2.05) is 0 Å². The molecule has 0 nitrogen and oxygen atoms in total. The van der Waals surface area contributed by atoms with E-state index in [0.29, 0.717) is 11.3 Å². The van der Waals surface area contributed by atoms with Crippen LogP contribution in [0.3, 0.4) is 0 Å². The predicted octanol–water partition coefficient (Wildman–Crippen LogP) is 13.3. The monoisotopic (exact) mass is 690 g/mol. The van der Waals surface area contributed by atoms with Gasteiger partial charge in [-0.15, -0.1) is 39.7 Å². The van der Waals surface area contributed by atoms with Crippen molar-refractivity contribution in [3.63, 3.8) is 0 Å². The Morgan fingerprint density at radius 1 is 0.717 bits per heavy atom. The molecule has 0 heterocycles. The molecule has 46 heavy (non-hydrogen) atoms. The molecule has 3 aliphatic rings. The molecule has 0 aliphatic heterocycles. The van der Waals surface area contributed by atoms with Crippen molar-refractivity contribution in [1.29, 1.82) is 0 Å². The molecule has 0 amide bonds. The number of benzene rings is 2. The summed E-state index contributed by atoms with van der Waals surface area (Å²) >= 11 is 1.55. The van der Waals surface area contributed by atoms with Crippen molar-refractivity contribution in [2.75, 3.05) is 0 Å². The van der Waals surface area contributed by atoms with Gasteiger partial charge in [0.15, 0.2) is 0 Å². The fourth-order valence-corrected chi connectivity index (χ4v) is 7.10. The number of hydrogen-bond donors (Lipinski definition) is 0. The second-order valence-electron chi connectivity index (χ2n) is 18.4. The molecule has 244 valence electrons. The average molecular weight is 692 g/mol. The molecule has 0 saturated heterocycles. The Labute approximate surface area is 297 Å². The minimum absolute atomic E-state index is 0.0848. The van der Waals surface area contributed by atoms with E-state index in [1.165, 1.54) is 70.1 Å². The second kappa shape index (κ2) is 12.5. The van der Waals surface area contributed by atoms with Gasteiger partial charge in [0.25, 0.3) is 0 Å². The third-order valence-corrected chi connectivity index (χ3v) is 9.72. The normalized spacial score (nSPS) is 19.5. The summed E-state index contributed by atoms with van der Waals surface area (Å²) in [5.74, 6) is 0.573. The molecule has 0 radical (unpaired) electrons. The first-order valence-corrected chi connectivity index (χ1v) is 18.6. The average Bonchev–Trinajstić information content (AvgIpc) is 3.63. The van der Waals surface area contributed by atoms with E-state index in [2.05, 4.69) is 171 Å². The number of rotatable bonds is 1. The SMILES string of the molecule is CC(C)(C)C1=CC(C)(C)c2cc3[cH-]c4cc5c(cc4c3cc21)C(C(C)(C)C)=CC5(C)C.CCC1[C-]=CC(C(C)(C)C)=C1.C[C](C)=[Zr+2]. The summed E-state index contributed by atoms with van der Waals surface area (Å²) in [4.78, 5) is 0. The van der Waals surface area contributed by atoms with E-state index in [1.54, 1.807) is 24.2 Å². The van der Waals surface area contributed by atoms with Crippen LogP contribution in [0.4, 0.5) is 0 Å². The van der Waals surface area contributed by atoms with Crippen LogP contribution in [0.1, 0.15) is 139 Å². The Balaban J connectivity index is 0.000000266. The molecule has 0 spiro atoms. The van der Waals surface area contributed by atoms with Crippen molar-refractivity contribution in [2.24, 2.45) is 22.2 Å². The Kier molecular flexibility index (Phi) is 10.00. The molecule has 1 unspecified atom stereocenters. The maximum atomic E-state index is 3.35. The Bertz CT molecular complexity index is 1680. The molecule has 1 atom stereocenters. The van der Waals surface area contributed by atoms with Crippen LogP contribution >= 0.6 is 0 Å². The van der Waals surface area contributed by atoms with Crippen molar-refractivity contribution in [2.45, 2.75) is 128 Å². The maximum absolute atomic E-state index is 3.35. The van der Waals surface area contributed by atoms with Crippen LogP contribution in [-0.2, 0) is 35.1 Å². The fourth-order valence-electron chi connectivity index (χ4n) is 7.10. The van der Waals surface area contributed by atoms with Gasteiger partial charge in [0.05, 0.1) is 0 Å². The van der Waals surface area contributed by atoms with Crippen LogP contribution < -0.4 is 0 Å². The van der Waals surface area contributed by atoms with Gasteiger partial charge in [-0.2, -0.15) is 11.6 Å². The summed E-state index contributed by atoms with van der Waals surface area (Å²) in [6.07, 6.45) is 14.0. The molecule has 3 aromatic rings. The van der Waals surface area contributed by atoms with Gasteiger partial charge in [-0.05, 0) is 33.1 Å². The third-order valence-electron chi connectivity index (χ3n) is 9.72. The van der Waals surface area contributed by atoms with Gasteiger partial charge in [-0.25, -0.2) is 6.08 Å². The molecular formula is C45H60Zr. The van der Waals surface area contributed by atoms with Gasteiger partial charge in [0, 0.05) is 10.8 Å². The molecule has 0 fully saturated rings. The summed E-state index contributed by atoms with van der Waals surface area (Å²) in [5.41, 5.74) is 11.0. The van der Waals surface area contributed by atoms with Gasteiger partial charge in [-0.3, -0.25) is 6.08 Å². The zero-order valence-corrected chi connectivity index (χ0v) is 34.4. The molecule has 0 saturated carbocycles. The summed E-state index contributed by atoms with van der Waals surface area (Å²) in [7, 11) is 0. The van der Waals surface area contributed by atoms with Crippen LogP contribution in [0.5, 0.6) is 0 Å². The molecule has 0 N–H and O–H groups in total. The number of hydrogen-bond acceptors (Lipinski definition) is 0. The topological polar surface area (TPSA) is 0 Å². The van der Waals surface area contributed by atoms with Crippen molar-refractivity contribution < 1.29 is 24.2 Å². The molecule has 0 bridgehead atoms. The zero-order valence-electron chi connectivity index (χ0n) is 32.0. The molecule has 6 rings (SSSR count). The van der Waals surface area contributed by atoms with E-state index in [0.717, 1.165) is 0 Å². The zero-order chi connectivity index (χ0) is 34.8. The predicted molar refractivity (Wildman–Crippen MR) is 203 cm³/mol. The minimum atomic E-state index is 0.0848. The Morgan fingerprint density at radius 2 is 1.11 bits per heavy atom. The van der Waals surface area contributed by atoms with Crippen LogP contribution in [0, 0.1) is 28.2 Å². The quantitative estimate of drug-likeness (QED) is 0.223. The Morgan fingerprint density at radius 3 is 1.39 bits per heavy atom. The Hall–Kier alpha value is -1.98. The van der Waals surface area contributed by atoms with Crippen LogP contribution in [-0.4, -0.2) is 3.21 Å². The summed E-state index contributed by atoms with van der Waals surface area (Å²) in [5, 5.41) is 5.58. The van der Waals surface area contributed by atoms with Crippen molar-refractivity contribution in [3.05, 3.63) is 88.5 Å². The van der Waals surface area contributed by atoms with Gasteiger partial charge in [-0.1, -0.05) is 150 Å². The standard InChI is InChI=1S/C31H37.C11H17.C3H6.Zr/c1-28(2,3)26-16-30(7,8)24-12-18-11-19-13-25-23(15-21(19)20(18)14-22(24)26)27(29(4,5)6)17-31(25,9)10;1-5-9-6-7-10(8-9)11(2,3)4;1-3-2;/h11-17H,1-10H3;7-9H,5H2,1-4H3;1-2H3;/q2*-1;;+2. The van der Waals surface area contributed by atoms with Crippen LogP contribution in [0.25, 0.3) is 32.7 Å². The van der Waals surface area contributed by atoms with Crippen LogP contribution in [0.2, 0.25) is 0 Å². The van der Waals surface area contributed by atoms with Crippen molar-refractivity contribution >= 4 is 35.9 Å². The van der Waals surface area contributed by atoms with Gasteiger partial charge >= 0.3 is 41.3 Å². The fraction of sp³-hybridized carbons (Fsp3) is 0.511. The summed E-state index contributed by atoms with van der Waals surface area (Å²) < 4.78 is 1.51. The van der Waals surface area contributed by atoms with E-state index >= 15 is 0 Å². The molecule has 1 heteroatoms. The van der Waals surface area contributed by atoms with E-state index in [4.69, 9.17) is 0 Å². The first-order chi connectivity index (χ1) is 20.9. The molecule has 3 aromatic carbocycles. The van der Waals surface area contributed by atoms with E-state index < -0.39 is 0 Å². The second-order valence-corrected chi connectivity index (χ2v) is 20.8. The number of fused-ring (bicyclic) bond motifs is 5. The molecule has 3 aliphatic carbocycles. The van der Waals surface area contributed by atoms with Crippen molar-refractivity contribution in [3.8, 4) is 0 Å². The molecular weight excluding hydrogens is 632 g/mol. The van der Waals surface area contributed by atoms with Gasteiger partial charge in [0.1, 0.15) is 0 Å². The first kappa shape index (κ1) is 36.9. The van der Waals surface area contributed by atoms with E-state index in [-0.39, 0.29) is 21.7 Å². The first-order valence-electron chi connectivity index (χ1n) is 17.4. The van der Waals surface area contributed by atoms with Gasteiger partial charge < -0.3 is 0 Å². The number of allylic oxidation sites excluding steroid dienone is 8. The molecule has 0 aromatic heterocycles. The van der Waals surface area contributed by atoms with Crippen molar-refractivity contribution in [1.82, 2.24) is 0 Å². The third kappa shape index (κ3) is 7.51. The summed E-state index contributed by atoms with van der Waals surface area (Å²) in [6, 6.07) is 12.3. The van der Waals surface area contributed by atoms with E-state index in [9.17, 15) is 0 Å². The van der Waals surface area contributed by atoms with Crippen LogP contribution in [0.15, 0.2) is 60.2 Å². The summed E-state index contributed by atoms with van der Waals surface area (Å²) in [6.45, 7) is 36.7. The van der Waals surface area contributed by atoms with Gasteiger partial charge in [0.2, 0.25) is 0 Å².